The number of carbonyl (C=O) groups is 1. The fraction of sp³-hybridized carbons (Fsp3) is 0.424. The van der Waals surface area contributed by atoms with Crippen molar-refractivity contribution in [3.05, 3.63) is 89.5 Å². The molecular formula is C33H42N2O7S. The molecule has 1 heterocycles. The van der Waals surface area contributed by atoms with Crippen LogP contribution in [0, 0.1) is 12.8 Å². The number of phenolic OH excluding ortho intramolecular Hbond substituents is 1. The minimum absolute atomic E-state index is 0.0109. The van der Waals surface area contributed by atoms with Crippen LogP contribution in [0.1, 0.15) is 54.6 Å². The number of aliphatic hydroxyl groups is 1. The number of ether oxygens (including phenoxy) is 2. The van der Waals surface area contributed by atoms with Gasteiger partial charge in [0.25, 0.3) is 5.91 Å². The molecule has 43 heavy (non-hydrogen) atoms. The number of amides is 1. The van der Waals surface area contributed by atoms with E-state index in [0.717, 1.165) is 24.8 Å². The Hall–Kier alpha value is -3.44. The van der Waals surface area contributed by atoms with E-state index < -0.39 is 34.4 Å². The quantitative estimate of drug-likeness (QED) is 0.257. The van der Waals surface area contributed by atoms with Crippen LogP contribution < -0.4 is 10.1 Å². The van der Waals surface area contributed by atoms with E-state index >= 15 is 0 Å². The second-order valence-electron chi connectivity index (χ2n) is 11.4. The SMILES string of the molecule is Cc1c(O)cccc1C(=O)N[C@@H](Cc1ccccc1)[C@H](O)CN(CC(C)C)S(=O)(=O)c1cccc(OC2CCCCO2)c1. The van der Waals surface area contributed by atoms with E-state index in [9.17, 15) is 23.4 Å². The summed E-state index contributed by atoms with van der Waals surface area (Å²) in [6, 6.07) is 19.6. The molecule has 1 unspecified atom stereocenters. The largest absolute Gasteiger partial charge is 0.508 e. The van der Waals surface area contributed by atoms with Crippen molar-refractivity contribution in [3.63, 3.8) is 0 Å². The van der Waals surface area contributed by atoms with Crippen molar-refractivity contribution >= 4 is 15.9 Å². The molecule has 3 N–H and O–H groups in total. The van der Waals surface area contributed by atoms with E-state index in [2.05, 4.69) is 5.32 Å². The smallest absolute Gasteiger partial charge is 0.252 e. The van der Waals surface area contributed by atoms with Gasteiger partial charge in [0.05, 0.1) is 23.6 Å². The topological polar surface area (TPSA) is 125 Å². The third kappa shape index (κ3) is 8.79. The van der Waals surface area contributed by atoms with Gasteiger partial charge in [-0.25, -0.2) is 8.42 Å². The van der Waals surface area contributed by atoms with Crippen molar-refractivity contribution in [3.8, 4) is 11.5 Å². The normalized spacial score (nSPS) is 17.0. The zero-order valence-corrected chi connectivity index (χ0v) is 25.8. The molecule has 0 bridgehead atoms. The van der Waals surface area contributed by atoms with Gasteiger partial charge in [0.15, 0.2) is 6.29 Å². The highest BCUT2D eigenvalue weighted by atomic mass is 32.2. The molecule has 1 fully saturated rings. The number of carbonyl (C=O) groups excluding carboxylic acids is 1. The predicted octanol–water partition coefficient (Wildman–Crippen LogP) is 4.65. The first-order valence-electron chi connectivity index (χ1n) is 14.7. The summed E-state index contributed by atoms with van der Waals surface area (Å²) in [7, 11) is -4.05. The van der Waals surface area contributed by atoms with Crippen LogP contribution in [-0.2, 0) is 21.2 Å². The monoisotopic (exact) mass is 610 g/mol. The Bertz CT molecular complexity index is 1460. The van der Waals surface area contributed by atoms with Gasteiger partial charge in [0.1, 0.15) is 11.5 Å². The second kappa shape index (κ2) is 14.8. The molecule has 0 aromatic heterocycles. The zero-order chi connectivity index (χ0) is 31.0. The number of rotatable bonds is 13. The second-order valence-corrected chi connectivity index (χ2v) is 13.3. The average molecular weight is 611 g/mol. The van der Waals surface area contributed by atoms with Crippen LogP contribution >= 0.6 is 0 Å². The minimum Gasteiger partial charge on any atom is -0.508 e. The summed E-state index contributed by atoms with van der Waals surface area (Å²) < 4.78 is 40.8. The first kappa shape index (κ1) is 32.5. The van der Waals surface area contributed by atoms with Crippen molar-refractivity contribution < 1.29 is 32.9 Å². The molecule has 1 aliphatic rings. The Morgan fingerprint density at radius 1 is 1.05 bits per heavy atom. The molecule has 3 aromatic carbocycles. The van der Waals surface area contributed by atoms with Crippen LogP contribution in [0.15, 0.2) is 77.7 Å². The number of hydrogen-bond acceptors (Lipinski definition) is 7. The maximum Gasteiger partial charge on any atom is 0.252 e. The summed E-state index contributed by atoms with van der Waals surface area (Å²) in [6.07, 6.45) is 1.29. The fourth-order valence-electron chi connectivity index (χ4n) is 5.09. The first-order chi connectivity index (χ1) is 20.5. The number of hydrogen-bond donors (Lipinski definition) is 3. The van der Waals surface area contributed by atoms with Crippen molar-refractivity contribution in [1.29, 1.82) is 0 Å². The number of aromatic hydroxyl groups is 1. The van der Waals surface area contributed by atoms with Crippen molar-refractivity contribution in [2.75, 3.05) is 19.7 Å². The van der Waals surface area contributed by atoms with Crippen LogP contribution in [0.3, 0.4) is 0 Å². The Labute approximate surface area is 254 Å². The van der Waals surface area contributed by atoms with Gasteiger partial charge in [-0.1, -0.05) is 56.3 Å². The molecule has 0 spiro atoms. The van der Waals surface area contributed by atoms with Crippen molar-refractivity contribution in [2.45, 2.75) is 69.8 Å². The Morgan fingerprint density at radius 2 is 1.79 bits per heavy atom. The van der Waals surface area contributed by atoms with E-state index in [1.165, 1.54) is 22.5 Å². The molecule has 10 heteroatoms. The molecule has 1 saturated heterocycles. The lowest BCUT2D eigenvalue weighted by molar-refractivity contribution is -0.106. The highest BCUT2D eigenvalue weighted by Gasteiger charge is 2.32. The summed E-state index contributed by atoms with van der Waals surface area (Å²) in [5.74, 6) is -0.118. The van der Waals surface area contributed by atoms with Gasteiger partial charge < -0.3 is 25.0 Å². The van der Waals surface area contributed by atoms with Gasteiger partial charge >= 0.3 is 0 Å². The Kier molecular flexibility index (Phi) is 11.2. The Balaban J connectivity index is 1.58. The highest BCUT2D eigenvalue weighted by Crippen LogP contribution is 2.26. The molecule has 232 valence electrons. The third-order valence-electron chi connectivity index (χ3n) is 7.44. The third-order valence-corrected chi connectivity index (χ3v) is 9.27. The van der Waals surface area contributed by atoms with E-state index in [-0.39, 0.29) is 41.6 Å². The fourth-order valence-corrected chi connectivity index (χ4v) is 6.75. The van der Waals surface area contributed by atoms with Crippen LogP contribution in [-0.4, -0.2) is 67.0 Å². The van der Waals surface area contributed by atoms with Crippen molar-refractivity contribution in [1.82, 2.24) is 9.62 Å². The predicted molar refractivity (Wildman–Crippen MR) is 165 cm³/mol. The lowest BCUT2D eigenvalue weighted by Gasteiger charge is -2.31. The maximum atomic E-state index is 14.0. The van der Waals surface area contributed by atoms with Crippen LogP contribution in [0.5, 0.6) is 11.5 Å². The van der Waals surface area contributed by atoms with Crippen molar-refractivity contribution in [2.24, 2.45) is 5.92 Å². The number of sulfonamides is 1. The lowest BCUT2D eigenvalue weighted by atomic mass is 9.99. The molecule has 3 aromatic rings. The summed E-state index contributed by atoms with van der Waals surface area (Å²) in [5, 5.41) is 24.6. The van der Waals surface area contributed by atoms with Gasteiger partial charge in [0.2, 0.25) is 10.0 Å². The number of nitrogens with zero attached hydrogens (tertiary/aromatic N) is 1. The van der Waals surface area contributed by atoms with Gasteiger partial charge in [-0.05, 0) is 61.9 Å². The van der Waals surface area contributed by atoms with E-state index in [1.807, 2.05) is 44.2 Å². The molecule has 1 amide bonds. The number of nitrogens with one attached hydrogen (secondary N) is 1. The summed E-state index contributed by atoms with van der Waals surface area (Å²) >= 11 is 0. The molecule has 0 radical (unpaired) electrons. The minimum atomic E-state index is -4.05. The summed E-state index contributed by atoms with van der Waals surface area (Å²) in [6.45, 7) is 5.98. The molecule has 0 aliphatic carbocycles. The van der Waals surface area contributed by atoms with Crippen LogP contribution in [0.4, 0.5) is 0 Å². The summed E-state index contributed by atoms with van der Waals surface area (Å²) in [5.41, 5.74) is 1.56. The summed E-state index contributed by atoms with van der Waals surface area (Å²) in [4.78, 5) is 13.4. The number of aliphatic hydroxyl groups excluding tert-OH is 1. The van der Waals surface area contributed by atoms with Gasteiger partial charge in [-0.3, -0.25) is 4.79 Å². The highest BCUT2D eigenvalue weighted by molar-refractivity contribution is 7.89. The first-order valence-corrected chi connectivity index (χ1v) is 16.2. The number of benzene rings is 3. The molecule has 4 rings (SSSR count). The van der Waals surface area contributed by atoms with Gasteiger partial charge in [0, 0.05) is 36.7 Å². The lowest BCUT2D eigenvalue weighted by Crippen LogP contribution is -2.51. The molecule has 3 atom stereocenters. The van der Waals surface area contributed by atoms with E-state index in [0.29, 0.717) is 17.9 Å². The van der Waals surface area contributed by atoms with Gasteiger partial charge in [-0.15, -0.1) is 0 Å². The molecule has 9 nitrogen and oxygen atoms in total. The maximum absolute atomic E-state index is 14.0. The van der Waals surface area contributed by atoms with E-state index in [1.54, 1.807) is 31.2 Å². The Morgan fingerprint density at radius 3 is 2.49 bits per heavy atom. The van der Waals surface area contributed by atoms with Crippen LogP contribution in [0.2, 0.25) is 0 Å². The van der Waals surface area contributed by atoms with Crippen LogP contribution in [0.25, 0.3) is 0 Å². The molecule has 0 saturated carbocycles. The van der Waals surface area contributed by atoms with E-state index in [4.69, 9.17) is 9.47 Å². The number of phenols is 1. The molecular weight excluding hydrogens is 568 g/mol. The average Bonchev–Trinajstić information content (AvgIpc) is 2.98. The molecule has 1 aliphatic heterocycles. The standard InChI is InChI=1S/C33H42N2O7S/c1-23(2)21-35(43(39,40)27-14-9-13-26(20-27)42-32-17-7-8-18-41-32)22-31(37)29(19-25-11-5-4-6-12-25)34-33(38)28-15-10-16-30(36)24(28)3/h4-6,9-16,20,23,29,31-32,36-37H,7-8,17-19,21-22H2,1-3H3,(H,34,38)/t29-,31+,32?/m0/s1. The van der Waals surface area contributed by atoms with Gasteiger partial charge in [-0.2, -0.15) is 4.31 Å². The zero-order valence-electron chi connectivity index (χ0n) is 25.0.